The number of aromatic nitrogens is 1. The van der Waals surface area contributed by atoms with E-state index in [-0.39, 0.29) is 12.1 Å². The fourth-order valence-electron chi connectivity index (χ4n) is 2.39. The van der Waals surface area contributed by atoms with Crippen molar-refractivity contribution in [1.29, 1.82) is 0 Å². The molecule has 0 unspecified atom stereocenters. The predicted octanol–water partition coefficient (Wildman–Crippen LogP) is 3.49. The summed E-state index contributed by atoms with van der Waals surface area (Å²) in [6.07, 6.45) is 2.94. The molecule has 0 aliphatic rings. The van der Waals surface area contributed by atoms with E-state index in [1.165, 1.54) is 4.88 Å². The van der Waals surface area contributed by atoms with E-state index in [4.69, 9.17) is 0 Å². The minimum absolute atomic E-state index is 0.100. The molecule has 0 bridgehead atoms. The van der Waals surface area contributed by atoms with Gasteiger partial charge in [0.1, 0.15) is 5.01 Å². The average molecular weight is 403 g/mol. The van der Waals surface area contributed by atoms with Gasteiger partial charge in [-0.25, -0.2) is 14.8 Å². The van der Waals surface area contributed by atoms with Gasteiger partial charge in [-0.15, -0.1) is 11.3 Å². The average Bonchev–Trinajstić information content (AvgIpc) is 3.12. The zero-order valence-corrected chi connectivity index (χ0v) is 17.8. The number of carbonyl (C=O) groups is 1. The van der Waals surface area contributed by atoms with Crippen LogP contribution in [0.5, 0.6) is 0 Å². The molecule has 2 amide bonds. The number of nitrogens with one attached hydrogen (secondary N) is 4. The van der Waals surface area contributed by atoms with E-state index >= 15 is 0 Å². The van der Waals surface area contributed by atoms with E-state index in [0.29, 0.717) is 13.1 Å². The Balaban J connectivity index is 1.89. The summed E-state index contributed by atoms with van der Waals surface area (Å²) >= 11 is 1.72. The number of amides is 2. The molecule has 0 atom stereocenters. The monoisotopic (exact) mass is 402 g/mol. The lowest BCUT2D eigenvalue weighted by atomic mass is 10.2. The van der Waals surface area contributed by atoms with Gasteiger partial charge in [0.15, 0.2) is 5.96 Å². The first-order chi connectivity index (χ1) is 13.5. The zero-order chi connectivity index (χ0) is 20.4. The Labute approximate surface area is 171 Å². The van der Waals surface area contributed by atoms with Gasteiger partial charge < -0.3 is 21.3 Å². The van der Waals surface area contributed by atoms with Crippen molar-refractivity contribution in [3.05, 3.63) is 45.9 Å². The number of aliphatic imine (C=N–C) groups is 1. The van der Waals surface area contributed by atoms with Crippen LogP contribution in [-0.2, 0) is 19.5 Å². The molecule has 1 heterocycles. The normalized spacial score (nSPS) is 11.4. The number of thiazole rings is 1. The van der Waals surface area contributed by atoms with E-state index in [1.54, 1.807) is 11.3 Å². The Hall–Kier alpha value is -2.61. The maximum absolute atomic E-state index is 11.7. The molecular formula is C20H30N6OS. The van der Waals surface area contributed by atoms with Crippen LogP contribution in [0.1, 0.15) is 43.1 Å². The minimum atomic E-state index is -0.201. The van der Waals surface area contributed by atoms with Crippen molar-refractivity contribution in [2.24, 2.45) is 4.99 Å². The summed E-state index contributed by atoms with van der Waals surface area (Å²) in [6.45, 7) is 10.0. The van der Waals surface area contributed by atoms with E-state index < -0.39 is 0 Å². The smallest absolute Gasteiger partial charge is 0.319 e. The van der Waals surface area contributed by atoms with Gasteiger partial charge in [-0.3, -0.25) is 0 Å². The first-order valence-corrected chi connectivity index (χ1v) is 10.4. The molecule has 28 heavy (non-hydrogen) atoms. The van der Waals surface area contributed by atoms with Crippen molar-refractivity contribution < 1.29 is 4.79 Å². The zero-order valence-electron chi connectivity index (χ0n) is 17.0. The van der Waals surface area contributed by atoms with Crippen molar-refractivity contribution in [3.63, 3.8) is 0 Å². The molecule has 2 aromatic rings. The van der Waals surface area contributed by atoms with Crippen LogP contribution in [0.4, 0.5) is 10.5 Å². The highest BCUT2D eigenvalue weighted by Gasteiger charge is 2.04. The first kappa shape index (κ1) is 21.7. The van der Waals surface area contributed by atoms with E-state index in [0.717, 1.165) is 35.2 Å². The van der Waals surface area contributed by atoms with Gasteiger partial charge in [-0.05, 0) is 44.9 Å². The Morgan fingerprint density at radius 2 is 1.93 bits per heavy atom. The molecule has 0 saturated heterocycles. The van der Waals surface area contributed by atoms with Gasteiger partial charge in [0.05, 0.1) is 13.1 Å². The van der Waals surface area contributed by atoms with Gasteiger partial charge in [0.2, 0.25) is 0 Å². The third kappa shape index (κ3) is 7.56. The second-order valence-electron chi connectivity index (χ2n) is 6.57. The molecule has 8 heteroatoms. The second-order valence-corrected chi connectivity index (χ2v) is 7.77. The Bertz CT molecular complexity index is 769. The molecular weight excluding hydrogens is 372 g/mol. The molecule has 4 N–H and O–H groups in total. The standard InChI is InChI=1S/C20H30N6OS/c1-5-17-12-22-18(28-17)13-24-19(21-6-2)23-11-15-7-9-16(10-8-15)26-20(27)25-14(3)4/h7-10,12,14H,5-6,11,13H2,1-4H3,(H2,21,23,24)(H2,25,26,27). The predicted molar refractivity (Wildman–Crippen MR) is 117 cm³/mol. The number of urea groups is 1. The summed E-state index contributed by atoms with van der Waals surface area (Å²) in [5.41, 5.74) is 1.82. The highest BCUT2D eigenvalue weighted by molar-refractivity contribution is 7.11. The summed E-state index contributed by atoms with van der Waals surface area (Å²) in [4.78, 5) is 22.1. The number of hydrogen-bond acceptors (Lipinski definition) is 4. The molecule has 2 rings (SSSR count). The Morgan fingerprint density at radius 1 is 1.18 bits per heavy atom. The highest BCUT2D eigenvalue weighted by Crippen LogP contribution is 2.13. The fourth-order valence-corrected chi connectivity index (χ4v) is 3.19. The lowest BCUT2D eigenvalue weighted by Crippen LogP contribution is -2.36. The minimum Gasteiger partial charge on any atom is -0.357 e. The maximum atomic E-state index is 11.7. The topological polar surface area (TPSA) is 90.4 Å². The second kappa shape index (κ2) is 11.3. The van der Waals surface area contributed by atoms with Crippen LogP contribution < -0.4 is 21.3 Å². The van der Waals surface area contributed by atoms with Crippen LogP contribution in [-0.4, -0.2) is 29.6 Å². The van der Waals surface area contributed by atoms with Crippen LogP contribution in [0.15, 0.2) is 35.5 Å². The molecule has 1 aromatic heterocycles. The quantitative estimate of drug-likeness (QED) is 0.402. The number of guanidine groups is 1. The van der Waals surface area contributed by atoms with Crippen molar-refractivity contribution >= 4 is 29.0 Å². The van der Waals surface area contributed by atoms with Crippen LogP contribution in [0.2, 0.25) is 0 Å². The summed E-state index contributed by atoms with van der Waals surface area (Å²) in [6, 6.07) is 7.59. The van der Waals surface area contributed by atoms with Crippen LogP contribution >= 0.6 is 11.3 Å². The van der Waals surface area contributed by atoms with E-state index in [9.17, 15) is 4.79 Å². The van der Waals surface area contributed by atoms with Gasteiger partial charge >= 0.3 is 6.03 Å². The Kier molecular flexibility index (Phi) is 8.74. The molecule has 0 spiro atoms. The third-order valence-corrected chi connectivity index (χ3v) is 4.89. The third-order valence-electron chi connectivity index (χ3n) is 3.75. The van der Waals surface area contributed by atoms with E-state index in [2.05, 4.69) is 38.2 Å². The van der Waals surface area contributed by atoms with Crippen molar-refractivity contribution in [2.75, 3.05) is 11.9 Å². The molecule has 152 valence electrons. The molecule has 0 aliphatic carbocycles. The number of carbonyl (C=O) groups excluding carboxylic acids is 1. The SMILES string of the molecule is CCNC(=NCc1ccc(NC(=O)NC(C)C)cc1)NCc1ncc(CC)s1. The highest BCUT2D eigenvalue weighted by atomic mass is 32.1. The van der Waals surface area contributed by atoms with Gasteiger partial charge in [0, 0.05) is 29.3 Å². The summed E-state index contributed by atoms with van der Waals surface area (Å²) < 4.78 is 0. The van der Waals surface area contributed by atoms with Crippen molar-refractivity contribution in [2.45, 2.75) is 53.2 Å². The summed E-state index contributed by atoms with van der Waals surface area (Å²) in [5, 5.41) is 13.2. The Morgan fingerprint density at radius 3 is 2.54 bits per heavy atom. The van der Waals surface area contributed by atoms with E-state index in [1.807, 2.05) is 51.2 Å². The first-order valence-electron chi connectivity index (χ1n) is 9.62. The molecule has 1 aromatic carbocycles. The van der Waals surface area contributed by atoms with Crippen LogP contribution in [0.25, 0.3) is 0 Å². The molecule has 0 fully saturated rings. The van der Waals surface area contributed by atoms with Gasteiger partial charge in [-0.1, -0.05) is 19.1 Å². The largest absolute Gasteiger partial charge is 0.357 e. The number of rotatable bonds is 8. The number of aryl methyl sites for hydroxylation is 1. The summed E-state index contributed by atoms with van der Waals surface area (Å²) in [7, 11) is 0. The van der Waals surface area contributed by atoms with Gasteiger partial charge in [-0.2, -0.15) is 0 Å². The number of hydrogen-bond donors (Lipinski definition) is 4. The van der Waals surface area contributed by atoms with Crippen molar-refractivity contribution in [3.8, 4) is 0 Å². The lowest BCUT2D eigenvalue weighted by Gasteiger charge is -2.11. The molecule has 0 saturated carbocycles. The van der Waals surface area contributed by atoms with Crippen LogP contribution in [0.3, 0.4) is 0 Å². The molecule has 0 radical (unpaired) electrons. The maximum Gasteiger partial charge on any atom is 0.319 e. The van der Waals surface area contributed by atoms with Gasteiger partial charge in [0.25, 0.3) is 0 Å². The number of anilines is 1. The lowest BCUT2D eigenvalue weighted by molar-refractivity contribution is 0.250. The van der Waals surface area contributed by atoms with Crippen molar-refractivity contribution in [1.82, 2.24) is 20.9 Å². The van der Waals surface area contributed by atoms with Crippen LogP contribution in [0, 0.1) is 0 Å². The fraction of sp³-hybridized carbons (Fsp3) is 0.450. The number of benzene rings is 1. The molecule has 0 aliphatic heterocycles. The summed E-state index contributed by atoms with van der Waals surface area (Å²) in [5.74, 6) is 0.759. The molecule has 7 nitrogen and oxygen atoms in total. The number of nitrogens with zero attached hydrogens (tertiary/aromatic N) is 2.